The van der Waals surface area contributed by atoms with E-state index in [2.05, 4.69) is 4.74 Å². The second-order valence-electron chi connectivity index (χ2n) is 7.28. The Labute approximate surface area is 180 Å². The highest BCUT2D eigenvalue weighted by Crippen LogP contribution is 2.36. The molecule has 0 unspecified atom stereocenters. The third-order valence-electron chi connectivity index (χ3n) is 5.00. The summed E-state index contributed by atoms with van der Waals surface area (Å²) in [4.78, 5) is 0. The van der Waals surface area contributed by atoms with Gasteiger partial charge in [-0.3, -0.25) is 0 Å². The Morgan fingerprint density at radius 3 is 2.19 bits per heavy atom. The maximum absolute atomic E-state index is 14.4. The van der Waals surface area contributed by atoms with Crippen LogP contribution in [-0.2, 0) is 18.5 Å². The minimum absolute atomic E-state index is 0.0315. The monoisotopic (exact) mass is 454 g/mol. The average Bonchev–Trinajstić information content (AvgIpc) is 2.73. The summed E-state index contributed by atoms with van der Waals surface area (Å²) in [5.74, 6) is -2.42. The van der Waals surface area contributed by atoms with Gasteiger partial charge in [0.25, 0.3) is 0 Å². The fourth-order valence-corrected chi connectivity index (χ4v) is 3.38. The fraction of sp³-hybridized carbons (Fsp3) is 0.217. The first-order chi connectivity index (χ1) is 15.0. The van der Waals surface area contributed by atoms with Gasteiger partial charge in [-0.05, 0) is 47.4 Å². The summed E-state index contributed by atoms with van der Waals surface area (Å²) in [6.07, 6.45) is -8.90. The quantitative estimate of drug-likeness (QED) is 0.466. The standard InChI is InChI=1S/C23H20F6N2O/c24-18-9-17(10-19(11-18)32-23(28,29)21(26)27)22(31,12-14-4-2-1-3-5-14)16-6-7-20(25)15(8-16)13-30/h1-11,21H,12-13,30-31H2/t22-/m1/s1. The van der Waals surface area contributed by atoms with Crippen molar-refractivity contribution in [3.63, 3.8) is 0 Å². The van der Waals surface area contributed by atoms with Crippen LogP contribution in [0.1, 0.15) is 22.3 Å². The Morgan fingerprint density at radius 1 is 0.875 bits per heavy atom. The van der Waals surface area contributed by atoms with Crippen LogP contribution >= 0.6 is 0 Å². The van der Waals surface area contributed by atoms with Crippen LogP contribution in [-0.4, -0.2) is 12.5 Å². The van der Waals surface area contributed by atoms with Gasteiger partial charge in [-0.25, -0.2) is 8.78 Å². The molecule has 0 fully saturated rings. The van der Waals surface area contributed by atoms with Crippen molar-refractivity contribution in [2.45, 2.75) is 31.0 Å². The molecular formula is C23H20F6N2O. The second kappa shape index (κ2) is 9.22. The van der Waals surface area contributed by atoms with Crippen LogP contribution in [0.25, 0.3) is 0 Å². The van der Waals surface area contributed by atoms with E-state index in [0.29, 0.717) is 17.2 Å². The second-order valence-corrected chi connectivity index (χ2v) is 7.28. The first-order valence-corrected chi connectivity index (χ1v) is 9.53. The molecular weight excluding hydrogens is 434 g/mol. The molecule has 3 nitrogen and oxygen atoms in total. The Morgan fingerprint density at radius 2 is 1.56 bits per heavy atom. The maximum Gasteiger partial charge on any atom is 0.461 e. The molecule has 0 heterocycles. The van der Waals surface area contributed by atoms with Gasteiger partial charge in [0.1, 0.15) is 17.4 Å². The lowest BCUT2D eigenvalue weighted by Gasteiger charge is -2.32. The van der Waals surface area contributed by atoms with Crippen LogP contribution < -0.4 is 16.2 Å². The highest BCUT2D eigenvalue weighted by Gasteiger charge is 2.44. The molecule has 3 aromatic rings. The highest BCUT2D eigenvalue weighted by atomic mass is 19.3. The normalized spacial score (nSPS) is 13.8. The van der Waals surface area contributed by atoms with E-state index in [4.69, 9.17) is 11.5 Å². The average molecular weight is 454 g/mol. The van der Waals surface area contributed by atoms with E-state index in [1.54, 1.807) is 30.3 Å². The van der Waals surface area contributed by atoms with Crippen molar-refractivity contribution in [3.8, 4) is 5.75 Å². The predicted molar refractivity (Wildman–Crippen MR) is 107 cm³/mol. The molecule has 0 saturated carbocycles. The first-order valence-electron chi connectivity index (χ1n) is 9.53. The summed E-state index contributed by atoms with van der Waals surface area (Å²) < 4.78 is 84.4. The van der Waals surface area contributed by atoms with Gasteiger partial charge in [0, 0.05) is 18.2 Å². The molecule has 0 spiro atoms. The third-order valence-corrected chi connectivity index (χ3v) is 5.00. The predicted octanol–water partition coefficient (Wildman–Crippen LogP) is 5.11. The molecule has 0 bridgehead atoms. The van der Waals surface area contributed by atoms with Crippen molar-refractivity contribution in [3.05, 3.63) is 101 Å². The van der Waals surface area contributed by atoms with Gasteiger partial charge in [-0.2, -0.15) is 17.6 Å². The lowest BCUT2D eigenvalue weighted by atomic mass is 9.78. The van der Waals surface area contributed by atoms with E-state index in [9.17, 15) is 26.3 Å². The molecule has 1 atom stereocenters. The molecule has 3 rings (SSSR count). The maximum atomic E-state index is 14.4. The zero-order chi connectivity index (χ0) is 23.5. The van der Waals surface area contributed by atoms with Crippen LogP contribution in [0.2, 0.25) is 0 Å². The molecule has 32 heavy (non-hydrogen) atoms. The van der Waals surface area contributed by atoms with Gasteiger partial charge in [-0.15, -0.1) is 0 Å². The molecule has 9 heteroatoms. The molecule has 3 aromatic carbocycles. The number of nitrogens with two attached hydrogens (primary N) is 2. The summed E-state index contributed by atoms with van der Waals surface area (Å²) in [6, 6.07) is 15.2. The first kappa shape index (κ1) is 23.6. The van der Waals surface area contributed by atoms with Crippen molar-refractivity contribution < 1.29 is 31.1 Å². The molecule has 0 aliphatic heterocycles. The Bertz CT molecular complexity index is 1080. The molecule has 0 amide bonds. The summed E-state index contributed by atoms with van der Waals surface area (Å²) in [5, 5.41) is 0. The number of alkyl halides is 4. The number of hydrogen-bond acceptors (Lipinski definition) is 3. The van der Waals surface area contributed by atoms with Gasteiger partial charge in [0.2, 0.25) is 0 Å². The van der Waals surface area contributed by atoms with E-state index in [1.807, 2.05) is 0 Å². The Hall–Kier alpha value is -3.04. The molecule has 0 radical (unpaired) electrons. The molecule has 0 aliphatic rings. The molecule has 0 aromatic heterocycles. The van der Waals surface area contributed by atoms with Crippen molar-refractivity contribution in [2.24, 2.45) is 11.5 Å². The number of hydrogen-bond donors (Lipinski definition) is 2. The van der Waals surface area contributed by atoms with Crippen LogP contribution in [0.3, 0.4) is 0 Å². The summed E-state index contributed by atoms with van der Waals surface area (Å²) in [5.41, 5.74) is 11.9. The smallest absolute Gasteiger partial charge is 0.428 e. The van der Waals surface area contributed by atoms with E-state index in [-0.39, 0.29) is 24.1 Å². The van der Waals surface area contributed by atoms with Gasteiger partial charge in [-0.1, -0.05) is 36.4 Å². The van der Waals surface area contributed by atoms with Gasteiger partial charge < -0.3 is 16.2 Å². The van der Waals surface area contributed by atoms with Crippen LogP contribution in [0.5, 0.6) is 5.75 Å². The van der Waals surface area contributed by atoms with Crippen molar-refractivity contribution in [1.82, 2.24) is 0 Å². The van der Waals surface area contributed by atoms with Gasteiger partial charge in [0.15, 0.2) is 0 Å². The minimum Gasteiger partial charge on any atom is -0.428 e. The highest BCUT2D eigenvalue weighted by molar-refractivity contribution is 5.45. The largest absolute Gasteiger partial charge is 0.461 e. The van der Waals surface area contributed by atoms with E-state index in [0.717, 1.165) is 18.2 Å². The number of rotatable bonds is 8. The molecule has 0 aliphatic carbocycles. The van der Waals surface area contributed by atoms with Gasteiger partial charge >= 0.3 is 12.5 Å². The molecule has 170 valence electrons. The van der Waals surface area contributed by atoms with E-state index in [1.165, 1.54) is 12.1 Å². The summed E-state index contributed by atoms with van der Waals surface area (Å²) >= 11 is 0. The Balaban J connectivity index is 2.15. The number of ether oxygens (including phenoxy) is 1. The van der Waals surface area contributed by atoms with Crippen molar-refractivity contribution in [1.29, 1.82) is 0 Å². The van der Waals surface area contributed by atoms with E-state index >= 15 is 0 Å². The third kappa shape index (κ3) is 5.05. The lowest BCUT2D eigenvalue weighted by Crippen LogP contribution is -2.41. The minimum atomic E-state index is -4.83. The number of halogens is 6. The molecule has 4 N–H and O–H groups in total. The van der Waals surface area contributed by atoms with Crippen LogP contribution in [0.15, 0.2) is 66.7 Å². The molecule has 0 saturated heterocycles. The Kier molecular flexibility index (Phi) is 6.80. The topological polar surface area (TPSA) is 61.3 Å². The van der Waals surface area contributed by atoms with Crippen molar-refractivity contribution in [2.75, 3.05) is 0 Å². The van der Waals surface area contributed by atoms with Crippen molar-refractivity contribution >= 4 is 0 Å². The van der Waals surface area contributed by atoms with Crippen LogP contribution in [0, 0.1) is 11.6 Å². The zero-order valence-electron chi connectivity index (χ0n) is 16.7. The van der Waals surface area contributed by atoms with E-state index < -0.39 is 35.5 Å². The van der Waals surface area contributed by atoms with Crippen LogP contribution in [0.4, 0.5) is 26.3 Å². The fourth-order valence-electron chi connectivity index (χ4n) is 3.38. The summed E-state index contributed by atoms with van der Waals surface area (Å²) in [7, 11) is 0. The lowest BCUT2D eigenvalue weighted by molar-refractivity contribution is -0.253. The number of benzene rings is 3. The SMILES string of the molecule is NCc1cc([C@](N)(Cc2ccccc2)c2cc(F)cc(OC(F)(F)C(F)F)c2)ccc1F. The zero-order valence-corrected chi connectivity index (χ0v) is 16.7. The van der Waals surface area contributed by atoms with Gasteiger partial charge in [0.05, 0.1) is 5.54 Å². The summed E-state index contributed by atoms with van der Waals surface area (Å²) in [6.45, 7) is -0.140.